The summed E-state index contributed by atoms with van der Waals surface area (Å²) in [6.45, 7) is 6.96. The third-order valence-corrected chi connectivity index (χ3v) is 2.81. The normalized spacial score (nSPS) is 12.7. The molecule has 0 fully saturated rings. The molecule has 0 aliphatic rings. The quantitative estimate of drug-likeness (QED) is 0.746. The first-order valence-corrected chi connectivity index (χ1v) is 6.79. The number of benzene rings is 1. The molecule has 0 saturated heterocycles. The summed E-state index contributed by atoms with van der Waals surface area (Å²) in [7, 11) is 0. The number of carbonyl (C=O) groups is 1. The highest BCUT2D eigenvalue weighted by Gasteiger charge is 2.21. The largest absolute Gasteiger partial charge is 0.389 e. The molecule has 0 radical (unpaired) electrons. The van der Waals surface area contributed by atoms with E-state index < -0.39 is 23.2 Å². The molecule has 4 N–H and O–H groups in total. The number of carbonyl (C=O) groups excluding carboxylic acids is 1. The Morgan fingerprint density at radius 2 is 1.76 bits per heavy atom. The van der Waals surface area contributed by atoms with Crippen LogP contribution in [-0.4, -0.2) is 22.5 Å². The number of amides is 1. The summed E-state index contributed by atoms with van der Waals surface area (Å²) < 4.78 is 27.8. The predicted molar refractivity (Wildman–Crippen MR) is 83.2 cm³/mol. The van der Waals surface area contributed by atoms with Crippen molar-refractivity contribution < 1.29 is 13.6 Å². The van der Waals surface area contributed by atoms with Gasteiger partial charge >= 0.3 is 0 Å². The Hall–Kier alpha value is -1.76. The van der Waals surface area contributed by atoms with Crippen LogP contribution in [0.3, 0.4) is 0 Å². The van der Waals surface area contributed by atoms with Crippen molar-refractivity contribution in [1.29, 1.82) is 0 Å². The van der Waals surface area contributed by atoms with Crippen molar-refractivity contribution in [3.05, 3.63) is 29.3 Å². The SMILES string of the molecule is CC(Nc1c(F)cc(C(N)=S)cc1F)C(=O)NC(C)(C)C. The Bertz CT molecular complexity index is 547. The van der Waals surface area contributed by atoms with Crippen LogP contribution in [-0.2, 0) is 4.79 Å². The molecule has 0 spiro atoms. The van der Waals surface area contributed by atoms with E-state index in [1.807, 2.05) is 20.8 Å². The minimum Gasteiger partial charge on any atom is -0.389 e. The summed E-state index contributed by atoms with van der Waals surface area (Å²) in [5, 5.41) is 5.24. The highest BCUT2D eigenvalue weighted by molar-refractivity contribution is 7.80. The highest BCUT2D eigenvalue weighted by Crippen LogP contribution is 2.21. The number of hydrogen-bond donors (Lipinski definition) is 3. The Balaban J connectivity index is 2.93. The first kappa shape index (κ1) is 17.3. The number of nitrogens with two attached hydrogens (primary N) is 1. The van der Waals surface area contributed by atoms with Gasteiger partial charge in [-0.3, -0.25) is 4.79 Å². The molecule has 0 saturated carbocycles. The molecule has 1 aromatic carbocycles. The number of halogens is 2. The van der Waals surface area contributed by atoms with Gasteiger partial charge in [0.25, 0.3) is 0 Å². The fraction of sp³-hybridized carbons (Fsp3) is 0.429. The maximum Gasteiger partial charge on any atom is 0.242 e. The maximum absolute atomic E-state index is 13.9. The lowest BCUT2D eigenvalue weighted by molar-refractivity contribution is -0.122. The third-order valence-electron chi connectivity index (χ3n) is 2.58. The van der Waals surface area contributed by atoms with Gasteiger partial charge in [0.1, 0.15) is 28.4 Å². The molecule has 7 heteroatoms. The molecule has 0 aliphatic heterocycles. The maximum atomic E-state index is 13.9. The van der Waals surface area contributed by atoms with Gasteiger partial charge in [-0.2, -0.15) is 0 Å². The van der Waals surface area contributed by atoms with Crippen LogP contribution in [0.5, 0.6) is 0 Å². The van der Waals surface area contributed by atoms with Crippen molar-refractivity contribution in [1.82, 2.24) is 5.32 Å². The average Bonchev–Trinajstić information content (AvgIpc) is 2.30. The van der Waals surface area contributed by atoms with E-state index in [1.54, 1.807) is 0 Å². The van der Waals surface area contributed by atoms with E-state index in [2.05, 4.69) is 22.9 Å². The van der Waals surface area contributed by atoms with E-state index in [9.17, 15) is 13.6 Å². The average molecular weight is 315 g/mol. The van der Waals surface area contributed by atoms with Gasteiger partial charge in [-0.05, 0) is 39.8 Å². The number of hydrogen-bond acceptors (Lipinski definition) is 3. The molecular weight excluding hydrogens is 296 g/mol. The molecule has 4 nitrogen and oxygen atoms in total. The van der Waals surface area contributed by atoms with Gasteiger partial charge in [-0.25, -0.2) is 8.78 Å². The van der Waals surface area contributed by atoms with E-state index in [0.717, 1.165) is 12.1 Å². The second-order valence-corrected chi connectivity index (χ2v) is 6.22. The van der Waals surface area contributed by atoms with Crippen LogP contribution < -0.4 is 16.4 Å². The van der Waals surface area contributed by atoms with Gasteiger partial charge in [-0.15, -0.1) is 0 Å². The lowest BCUT2D eigenvalue weighted by Crippen LogP contribution is -2.47. The van der Waals surface area contributed by atoms with Crippen LogP contribution in [0.2, 0.25) is 0 Å². The zero-order valence-electron chi connectivity index (χ0n) is 12.4. The summed E-state index contributed by atoms with van der Waals surface area (Å²) in [5.41, 5.74) is 4.62. The summed E-state index contributed by atoms with van der Waals surface area (Å²) in [5.74, 6) is -2.07. The number of nitrogens with one attached hydrogen (secondary N) is 2. The number of rotatable bonds is 4. The molecule has 1 unspecified atom stereocenters. The summed E-state index contributed by atoms with van der Waals surface area (Å²) in [6, 6.07) is 1.26. The molecule has 1 rings (SSSR count). The predicted octanol–water partition coefficient (Wildman–Crippen LogP) is 2.31. The monoisotopic (exact) mass is 315 g/mol. The van der Waals surface area contributed by atoms with Crippen LogP contribution in [0.15, 0.2) is 12.1 Å². The molecule has 1 aromatic rings. The zero-order valence-corrected chi connectivity index (χ0v) is 13.2. The Kier molecular flexibility index (Phi) is 5.22. The topological polar surface area (TPSA) is 67.1 Å². The molecule has 0 aromatic heterocycles. The van der Waals surface area contributed by atoms with Crippen molar-refractivity contribution in [2.24, 2.45) is 5.73 Å². The highest BCUT2D eigenvalue weighted by atomic mass is 32.1. The molecule has 1 amide bonds. The fourth-order valence-electron chi connectivity index (χ4n) is 1.61. The fourth-order valence-corrected chi connectivity index (χ4v) is 1.73. The third kappa shape index (κ3) is 4.93. The minimum absolute atomic E-state index is 0.0948. The standard InChI is InChI=1S/C14H19F2N3OS/c1-7(13(20)19-14(2,3)4)18-11-9(15)5-8(12(17)21)6-10(11)16/h5-7,18H,1-4H3,(H2,17,21)(H,19,20). The molecule has 116 valence electrons. The molecule has 1 atom stereocenters. The lowest BCUT2D eigenvalue weighted by Gasteiger charge is -2.24. The van der Waals surface area contributed by atoms with E-state index in [4.69, 9.17) is 5.73 Å². The van der Waals surface area contributed by atoms with Gasteiger partial charge in [0.2, 0.25) is 5.91 Å². The van der Waals surface area contributed by atoms with Crippen LogP contribution >= 0.6 is 12.2 Å². The first-order chi connectivity index (χ1) is 9.51. The van der Waals surface area contributed by atoms with Gasteiger partial charge in [0.05, 0.1) is 0 Å². The van der Waals surface area contributed by atoms with Crippen molar-refractivity contribution in [2.45, 2.75) is 39.3 Å². The van der Waals surface area contributed by atoms with Crippen molar-refractivity contribution in [3.8, 4) is 0 Å². The molecule has 0 aliphatic carbocycles. The van der Waals surface area contributed by atoms with Gasteiger partial charge in [-0.1, -0.05) is 12.2 Å². The van der Waals surface area contributed by atoms with Crippen LogP contribution in [0.1, 0.15) is 33.3 Å². The van der Waals surface area contributed by atoms with E-state index >= 15 is 0 Å². The molecule has 21 heavy (non-hydrogen) atoms. The second-order valence-electron chi connectivity index (χ2n) is 5.78. The van der Waals surface area contributed by atoms with Crippen molar-refractivity contribution in [3.63, 3.8) is 0 Å². The molecular formula is C14H19F2N3OS. The van der Waals surface area contributed by atoms with E-state index in [-0.39, 0.29) is 22.1 Å². The second kappa shape index (κ2) is 6.34. The first-order valence-electron chi connectivity index (χ1n) is 6.38. The number of anilines is 1. The van der Waals surface area contributed by atoms with Gasteiger partial charge < -0.3 is 16.4 Å². The van der Waals surface area contributed by atoms with Gasteiger partial charge in [0, 0.05) is 11.1 Å². The van der Waals surface area contributed by atoms with E-state index in [0.29, 0.717) is 0 Å². The molecule has 0 bridgehead atoms. The van der Waals surface area contributed by atoms with Crippen LogP contribution in [0, 0.1) is 11.6 Å². The summed E-state index contributed by atoms with van der Waals surface area (Å²) >= 11 is 4.67. The Morgan fingerprint density at radius 1 is 1.29 bits per heavy atom. The zero-order chi connectivity index (χ0) is 16.4. The smallest absolute Gasteiger partial charge is 0.242 e. The number of thiocarbonyl (C=S) groups is 1. The van der Waals surface area contributed by atoms with Crippen molar-refractivity contribution in [2.75, 3.05) is 5.32 Å². The molecule has 0 heterocycles. The van der Waals surface area contributed by atoms with Crippen LogP contribution in [0.25, 0.3) is 0 Å². The Labute approximate surface area is 128 Å². The Morgan fingerprint density at radius 3 is 2.14 bits per heavy atom. The van der Waals surface area contributed by atoms with Gasteiger partial charge in [0.15, 0.2) is 0 Å². The lowest BCUT2D eigenvalue weighted by atomic mass is 10.1. The summed E-state index contributed by atoms with van der Waals surface area (Å²) in [6.07, 6.45) is 0. The minimum atomic E-state index is -0.854. The summed E-state index contributed by atoms with van der Waals surface area (Å²) in [4.78, 5) is 11.8. The van der Waals surface area contributed by atoms with E-state index in [1.165, 1.54) is 6.92 Å². The van der Waals surface area contributed by atoms with Crippen LogP contribution in [0.4, 0.5) is 14.5 Å². The van der Waals surface area contributed by atoms with Crippen molar-refractivity contribution >= 4 is 28.8 Å².